The molecule has 4 saturated carbocycles. The molecule has 0 radical (unpaired) electrons. The zero-order chi connectivity index (χ0) is 14.6. The maximum Gasteiger partial charge on any atom is 0.161 e. The first-order valence-electron chi connectivity index (χ1n) is 8.50. The van der Waals surface area contributed by atoms with E-state index in [-0.39, 0.29) is 6.04 Å². The van der Waals surface area contributed by atoms with Crippen LogP contribution in [0.5, 0.6) is 5.75 Å². The number of aryl methyl sites for hydroxylation is 1. The fraction of sp³-hybridized carbons (Fsp3) is 0.824. The Kier molecular flexibility index (Phi) is 3.07. The molecule has 21 heavy (non-hydrogen) atoms. The summed E-state index contributed by atoms with van der Waals surface area (Å²) in [7, 11) is 1.73. The van der Waals surface area contributed by atoms with Crippen LogP contribution in [0.2, 0.25) is 0 Å². The maximum atomic E-state index is 6.85. The van der Waals surface area contributed by atoms with Crippen LogP contribution in [0, 0.1) is 23.2 Å². The van der Waals surface area contributed by atoms with Crippen LogP contribution < -0.4 is 10.5 Å². The van der Waals surface area contributed by atoms with Gasteiger partial charge in [0, 0.05) is 6.54 Å². The fourth-order valence-electron chi connectivity index (χ4n) is 5.95. The van der Waals surface area contributed by atoms with Crippen molar-refractivity contribution in [3.8, 4) is 5.75 Å². The predicted octanol–water partition coefficient (Wildman–Crippen LogP) is 3.13. The van der Waals surface area contributed by atoms with Crippen LogP contribution in [-0.2, 0) is 6.54 Å². The molecule has 1 unspecified atom stereocenters. The van der Waals surface area contributed by atoms with Crippen molar-refractivity contribution < 1.29 is 4.74 Å². The summed E-state index contributed by atoms with van der Waals surface area (Å²) in [6.45, 7) is 2.99. The van der Waals surface area contributed by atoms with E-state index in [2.05, 4.69) is 12.0 Å². The second-order valence-electron chi connectivity index (χ2n) is 7.67. The van der Waals surface area contributed by atoms with Crippen molar-refractivity contribution in [3.63, 3.8) is 0 Å². The van der Waals surface area contributed by atoms with Gasteiger partial charge in [-0.05, 0) is 68.6 Å². The molecule has 0 amide bonds. The van der Waals surface area contributed by atoms with Gasteiger partial charge in [-0.1, -0.05) is 0 Å². The standard InChI is InChI=1S/C17H27N3O/c1-3-20-15(14(21-2)10-19-20)16(18)17-7-11-4-12(8-17)6-13(5-11)9-17/h10-13,16H,3-9,18H2,1-2H3. The Morgan fingerprint density at radius 2 is 1.86 bits per heavy atom. The summed E-state index contributed by atoms with van der Waals surface area (Å²) < 4.78 is 7.59. The first-order chi connectivity index (χ1) is 10.1. The molecule has 4 aliphatic carbocycles. The molecule has 2 N–H and O–H groups in total. The zero-order valence-electron chi connectivity index (χ0n) is 13.2. The minimum absolute atomic E-state index is 0.0725. The molecule has 1 atom stereocenters. The molecule has 4 fully saturated rings. The summed E-state index contributed by atoms with van der Waals surface area (Å²) in [4.78, 5) is 0. The topological polar surface area (TPSA) is 53.1 Å². The van der Waals surface area contributed by atoms with Crippen molar-refractivity contribution in [3.05, 3.63) is 11.9 Å². The Bertz CT molecular complexity index is 479. The summed E-state index contributed by atoms with van der Waals surface area (Å²) in [5.41, 5.74) is 8.28. The molecule has 116 valence electrons. The minimum atomic E-state index is 0.0725. The van der Waals surface area contributed by atoms with Gasteiger partial charge >= 0.3 is 0 Å². The molecule has 4 aliphatic rings. The third kappa shape index (κ3) is 1.95. The van der Waals surface area contributed by atoms with E-state index in [4.69, 9.17) is 10.5 Å². The van der Waals surface area contributed by atoms with Crippen LogP contribution in [0.4, 0.5) is 0 Å². The van der Waals surface area contributed by atoms with E-state index < -0.39 is 0 Å². The average Bonchev–Trinajstić information content (AvgIpc) is 2.87. The lowest BCUT2D eigenvalue weighted by Gasteiger charge is -2.58. The van der Waals surface area contributed by atoms with Gasteiger partial charge in [0.1, 0.15) is 0 Å². The van der Waals surface area contributed by atoms with Gasteiger partial charge in [0.05, 0.1) is 25.0 Å². The van der Waals surface area contributed by atoms with Gasteiger partial charge in [-0.25, -0.2) is 0 Å². The van der Waals surface area contributed by atoms with Gasteiger partial charge in [-0.3, -0.25) is 4.68 Å². The highest BCUT2D eigenvalue weighted by Crippen LogP contribution is 2.63. The van der Waals surface area contributed by atoms with Gasteiger partial charge in [0.15, 0.2) is 5.75 Å². The van der Waals surface area contributed by atoms with Crippen LogP contribution in [-0.4, -0.2) is 16.9 Å². The minimum Gasteiger partial charge on any atom is -0.493 e. The Morgan fingerprint density at radius 3 is 2.33 bits per heavy atom. The maximum absolute atomic E-state index is 6.85. The van der Waals surface area contributed by atoms with Gasteiger partial charge in [0.2, 0.25) is 0 Å². The number of hydrogen-bond acceptors (Lipinski definition) is 3. The normalized spacial score (nSPS) is 38.7. The van der Waals surface area contributed by atoms with E-state index in [0.29, 0.717) is 5.41 Å². The smallest absolute Gasteiger partial charge is 0.161 e. The van der Waals surface area contributed by atoms with Crippen LogP contribution in [0.25, 0.3) is 0 Å². The molecular weight excluding hydrogens is 262 g/mol. The van der Waals surface area contributed by atoms with Crippen molar-refractivity contribution in [2.75, 3.05) is 7.11 Å². The molecule has 1 heterocycles. The number of methoxy groups -OCH3 is 1. The van der Waals surface area contributed by atoms with E-state index in [9.17, 15) is 0 Å². The summed E-state index contributed by atoms with van der Waals surface area (Å²) in [6.07, 6.45) is 10.1. The lowest BCUT2D eigenvalue weighted by Crippen LogP contribution is -2.51. The molecule has 0 aliphatic heterocycles. The molecule has 0 saturated heterocycles. The quantitative estimate of drug-likeness (QED) is 0.926. The van der Waals surface area contributed by atoms with E-state index in [1.54, 1.807) is 7.11 Å². The third-order valence-electron chi connectivity index (χ3n) is 6.40. The van der Waals surface area contributed by atoms with E-state index in [1.165, 1.54) is 38.5 Å². The first kappa shape index (κ1) is 13.6. The number of nitrogens with two attached hydrogens (primary N) is 1. The molecule has 4 nitrogen and oxygen atoms in total. The van der Waals surface area contributed by atoms with E-state index in [1.807, 2.05) is 10.9 Å². The summed E-state index contributed by atoms with van der Waals surface area (Å²) in [5.74, 6) is 3.64. The van der Waals surface area contributed by atoms with Crippen LogP contribution >= 0.6 is 0 Å². The second kappa shape index (κ2) is 4.73. The predicted molar refractivity (Wildman–Crippen MR) is 82.0 cm³/mol. The van der Waals surface area contributed by atoms with Gasteiger partial charge in [0.25, 0.3) is 0 Å². The van der Waals surface area contributed by atoms with Gasteiger partial charge < -0.3 is 10.5 Å². The number of ether oxygens (including phenoxy) is 1. The summed E-state index contributed by atoms with van der Waals surface area (Å²) in [5, 5.41) is 4.47. The highest BCUT2D eigenvalue weighted by atomic mass is 16.5. The van der Waals surface area contributed by atoms with Crippen LogP contribution in [0.1, 0.15) is 57.2 Å². The Balaban J connectivity index is 1.71. The van der Waals surface area contributed by atoms with Gasteiger partial charge in [-0.15, -0.1) is 0 Å². The Morgan fingerprint density at radius 1 is 1.29 bits per heavy atom. The lowest BCUT2D eigenvalue weighted by molar-refractivity contribution is -0.0693. The molecule has 4 bridgehead atoms. The molecule has 5 rings (SSSR count). The molecule has 1 aromatic heterocycles. The van der Waals surface area contributed by atoms with Crippen molar-refractivity contribution in [2.24, 2.45) is 28.9 Å². The number of aromatic nitrogens is 2. The molecule has 4 heteroatoms. The SMILES string of the molecule is CCn1ncc(OC)c1C(N)C12CC3CC(CC(C3)C1)C2. The van der Waals surface area contributed by atoms with Crippen LogP contribution in [0.3, 0.4) is 0 Å². The van der Waals surface area contributed by atoms with Crippen molar-refractivity contribution in [1.29, 1.82) is 0 Å². The van der Waals surface area contributed by atoms with E-state index in [0.717, 1.165) is 35.7 Å². The third-order valence-corrected chi connectivity index (χ3v) is 6.40. The Labute approximate surface area is 127 Å². The average molecular weight is 289 g/mol. The Hall–Kier alpha value is -1.03. The molecule has 0 aromatic carbocycles. The number of nitrogens with zero attached hydrogens (tertiary/aromatic N) is 2. The highest BCUT2D eigenvalue weighted by Gasteiger charge is 2.54. The zero-order valence-corrected chi connectivity index (χ0v) is 13.2. The van der Waals surface area contributed by atoms with Crippen molar-refractivity contribution >= 4 is 0 Å². The van der Waals surface area contributed by atoms with Gasteiger partial charge in [-0.2, -0.15) is 5.10 Å². The first-order valence-corrected chi connectivity index (χ1v) is 8.50. The summed E-state index contributed by atoms with van der Waals surface area (Å²) in [6, 6.07) is 0.0725. The molecule has 1 aromatic rings. The highest BCUT2D eigenvalue weighted by molar-refractivity contribution is 5.30. The molecular formula is C17H27N3O. The number of rotatable bonds is 4. The summed E-state index contributed by atoms with van der Waals surface area (Å²) >= 11 is 0. The second-order valence-corrected chi connectivity index (χ2v) is 7.67. The van der Waals surface area contributed by atoms with E-state index >= 15 is 0 Å². The fourth-order valence-corrected chi connectivity index (χ4v) is 5.95. The number of hydrogen-bond donors (Lipinski definition) is 1. The van der Waals surface area contributed by atoms with Crippen molar-refractivity contribution in [2.45, 2.75) is 58.0 Å². The monoisotopic (exact) mass is 289 g/mol. The molecule has 0 spiro atoms. The van der Waals surface area contributed by atoms with Crippen molar-refractivity contribution in [1.82, 2.24) is 9.78 Å². The largest absolute Gasteiger partial charge is 0.493 e. The van der Waals surface area contributed by atoms with Crippen LogP contribution in [0.15, 0.2) is 6.20 Å². The lowest BCUT2D eigenvalue weighted by atomic mass is 9.47.